The molecule has 0 aromatic carbocycles. The molecule has 3 nitrogen and oxygen atoms in total. The van der Waals surface area contributed by atoms with Crippen molar-refractivity contribution in [1.29, 1.82) is 0 Å². The summed E-state index contributed by atoms with van der Waals surface area (Å²) in [6.07, 6.45) is 6.73. The SMILES string of the molecule is CCCCCC(C)(CN)NC(CC)CCO. The fourth-order valence-corrected chi connectivity index (χ4v) is 2.03. The largest absolute Gasteiger partial charge is 0.396 e. The average Bonchev–Trinajstić information content (AvgIpc) is 2.29. The van der Waals surface area contributed by atoms with Gasteiger partial charge in [-0.25, -0.2) is 0 Å². The van der Waals surface area contributed by atoms with Crippen molar-refractivity contribution >= 4 is 0 Å². The maximum absolute atomic E-state index is 8.98. The zero-order valence-corrected chi connectivity index (χ0v) is 11.3. The van der Waals surface area contributed by atoms with Crippen molar-refractivity contribution in [2.24, 2.45) is 5.73 Å². The highest BCUT2D eigenvalue weighted by atomic mass is 16.3. The maximum Gasteiger partial charge on any atom is 0.0445 e. The van der Waals surface area contributed by atoms with Crippen LogP contribution in [0.1, 0.15) is 59.3 Å². The van der Waals surface area contributed by atoms with Crippen LogP contribution in [0, 0.1) is 0 Å². The van der Waals surface area contributed by atoms with E-state index in [4.69, 9.17) is 10.8 Å². The molecule has 3 heteroatoms. The lowest BCUT2D eigenvalue weighted by atomic mass is 9.92. The fourth-order valence-electron chi connectivity index (χ4n) is 2.03. The molecule has 0 aliphatic rings. The Morgan fingerprint density at radius 1 is 1.31 bits per heavy atom. The van der Waals surface area contributed by atoms with Gasteiger partial charge in [-0.05, 0) is 26.2 Å². The van der Waals surface area contributed by atoms with E-state index in [2.05, 4.69) is 26.1 Å². The summed E-state index contributed by atoms with van der Waals surface area (Å²) in [7, 11) is 0. The standard InChI is InChI=1S/C13H30N2O/c1-4-6-7-9-13(3,11-14)15-12(5-2)8-10-16/h12,15-16H,4-11,14H2,1-3H3. The van der Waals surface area contributed by atoms with E-state index in [0.29, 0.717) is 12.6 Å². The molecule has 98 valence electrons. The van der Waals surface area contributed by atoms with Crippen molar-refractivity contribution in [2.45, 2.75) is 70.9 Å². The van der Waals surface area contributed by atoms with Crippen LogP contribution >= 0.6 is 0 Å². The Bertz CT molecular complexity index is 164. The number of aliphatic hydroxyl groups is 1. The Balaban J connectivity index is 4.10. The van der Waals surface area contributed by atoms with Crippen LogP contribution in [0.3, 0.4) is 0 Å². The Labute approximate surface area is 101 Å². The van der Waals surface area contributed by atoms with Crippen LogP contribution in [-0.2, 0) is 0 Å². The first-order valence-electron chi connectivity index (χ1n) is 6.70. The van der Waals surface area contributed by atoms with Gasteiger partial charge in [-0.2, -0.15) is 0 Å². The van der Waals surface area contributed by atoms with Gasteiger partial charge in [-0.3, -0.25) is 0 Å². The third-order valence-electron chi connectivity index (χ3n) is 3.31. The summed E-state index contributed by atoms with van der Waals surface area (Å²) in [4.78, 5) is 0. The Morgan fingerprint density at radius 2 is 2.00 bits per heavy atom. The van der Waals surface area contributed by atoms with Gasteiger partial charge in [0.15, 0.2) is 0 Å². The van der Waals surface area contributed by atoms with E-state index in [-0.39, 0.29) is 12.1 Å². The zero-order chi connectivity index (χ0) is 12.4. The van der Waals surface area contributed by atoms with Gasteiger partial charge in [-0.15, -0.1) is 0 Å². The molecule has 0 saturated carbocycles. The zero-order valence-electron chi connectivity index (χ0n) is 11.3. The number of aliphatic hydroxyl groups excluding tert-OH is 1. The average molecular weight is 230 g/mol. The van der Waals surface area contributed by atoms with Crippen molar-refractivity contribution in [1.82, 2.24) is 5.32 Å². The van der Waals surface area contributed by atoms with Gasteiger partial charge in [0.1, 0.15) is 0 Å². The van der Waals surface area contributed by atoms with Gasteiger partial charge in [0, 0.05) is 24.7 Å². The molecule has 0 aliphatic carbocycles. The molecule has 0 bridgehead atoms. The lowest BCUT2D eigenvalue weighted by Crippen LogP contribution is -2.53. The highest BCUT2D eigenvalue weighted by Crippen LogP contribution is 2.16. The molecule has 16 heavy (non-hydrogen) atoms. The van der Waals surface area contributed by atoms with Crippen LogP contribution in [-0.4, -0.2) is 29.8 Å². The minimum absolute atomic E-state index is 0.0328. The third kappa shape index (κ3) is 6.46. The number of rotatable bonds is 10. The van der Waals surface area contributed by atoms with E-state index in [1.54, 1.807) is 0 Å². The van der Waals surface area contributed by atoms with E-state index in [1.165, 1.54) is 19.3 Å². The summed E-state index contributed by atoms with van der Waals surface area (Å²) < 4.78 is 0. The summed E-state index contributed by atoms with van der Waals surface area (Å²) in [6, 6.07) is 0.389. The molecule has 0 fully saturated rings. The molecule has 0 spiro atoms. The van der Waals surface area contributed by atoms with Crippen molar-refractivity contribution < 1.29 is 5.11 Å². The van der Waals surface area contributed by atoms with Crippen LogP contribution in [0.15, 0.2) is 0 Å². The molecule has 0 saturated heterocycles. The van der Waals surface area contributed by atoms with Gasteiger partial charge in [0.2, 0.25) is 0 Å². The van der Waals surface area contributed by atoms with Crippen LogP contribution < -0.4 is 11.1 Å². The van der Waals surface area contributed by atoms with Gasteiger partial charge in [-0.1, -0.05) is 33.1 Å². The van der Waals surface area contributed by atoms with Crippen LogP contribution in [0.2, 0.25) is 0 Å². The summed E-state index contributed by atoms with van der Waals surface area (Å²) in [5, 5.41) is 12.6. The summed E-state index contributed by atoms with van der Waals surface area (Å²) >= 11 is 0. The second kappa shape index (κ2) is 8.97. The molecule has 0 heterocycles. The number of hydrogen-bond donors (Lipinski definition) is 3. The minimum atomic E-state index is 0.0328. The van der Waals surface area contributed by atoms with E-state index in [0.717, 1.165) is 19.3 Å². The minimum Gasteiger partial charge on any atom is -0.396 e. The molecule has 0 radical (unpaired) electrons. The fraction of sp³-hybridized carbons (Fsp3) is 1.00. The quantitative estimate of drug-likeness (QED) is 0.503. The molecule has 4 N–H and O–H groups in total. The van der Waals surface area contributed by atoms with Crippen LogP contribution in [0.25, 0.3) is 0 Å². The van der Waals surface area contributed by atoms with E-state index < -0.39 is 0 Å². The normalized spacial score (nSPS) is 17.1. The number of unbranched alkanes of at least 4 members (excludes halogenated alkanes) is 2. The first kappa shape index (κ1) is 15.9. The number of nitrogens with one attached hydrogen (secondary N) is 1. The second-order valence-corrected chi connectivity index (χ2v) is 4.98. The molecule has 0 amide bonds. The third-order valence-corrected chi connectivity index (χ3v) is 3.31. The predicted molar refractivity (Wildman–Crippen MR) is 70.5 cm³/mol. The number of nitrogens with two attached hydrogens (primary N) is 1. The number of hydrogen-bond acceptors (Lipinski definition) is 3. The van der Waals surface area contributed by atoms with Gasteiger partial charge < -0.3 is 16.2 Å². The monoisotopic (exact) mass is 230 g/mol. The van der Waals surface area contributed by atoms with E-state index in [9.17, 15) is 0 Å². The lowest BCUT2D eigenvalue weighted by molar-refractivity contribution is 0.225. The highest BCUT2D eigenvalue weighted by Gasteiger charge is 2.24. The molecular weight excluding hydrogens is 200 g/mol. The summed E-state index contributed by atoms with van der Waals surface area (Å²) in [5.41, 5.74) is 5.90. The Morgan fingerprint density at radius 3 is 2.44 bits per heavy atom. The molecular formula is C13H30N2O. The van der Waals surface area contributed by atoms with Gasteiger partial charge in [0.25, 0.3) is 0 Å². The van der Waals surface area contributed by atoms with Crippen molar-refractivity contribution in [3.63, 3.8) is 0 Å². The van der Waals surface area contributed by atoms with Crippen LogP contribution in [0.4, 0.5) is 0 Å². The second-order valence-electron chi connectivity index (χ2n) is 4.98. The molecule has 0 aromatic rings. The van der Waals surface area contributed by atoms with Crippen molar-refractivity contribution in [2.75, 3.05) is 13.2 Å². The van der Waals surface area contributed by atoms with E-state index in [1.807, 2.05) is 0 Å². The first-order chi connectivity index (χ1) is 7.61. The smallest absolute Gasteiger partial charge is 0.0445 e. The lowest BCUT2D eigenvalue weighted by Gasteiger charge is -2.34. The van der Waals surface area contributed by atoms with Crippen molar-refractivity contribution in [3.05, 3.63) is 0 Å². The molecule has 2 atom stereocenters. The van der Waals surface area contributed by atoms with Crippen LogP contribution in [0.5, 0.6) is 0 Å². The molecule has 0 aliphatic heterocycles. The molecule has 0 rings (SSSR count). The summed E-state index contributed by atoms with van der Waals surface area (Å²) in [5.74, 6) is 0. The topological polar surface area (TPSA) is 58.3 Å². The summed E-state index contributed by atoms with van der Waals surface area (Å²) in [6.45, 7) is 7.48. The van der Waals surface area contributed by atoms with Gasteiger partial charge >= 0.3 is 0 Å². The molecule has 2 unspecified atom stereocenters. The van der Waals surface area contributed by atoms with E-state index >= 15 is 0 Å². The van der Waals surface area contributed by atoms with Crippen molar-refractivity contribution in [3.8, 4) is 0 Å². The highest BCUT2D eigenvalue weighted by molar-refractivity contribution is 4.87. The first-order valence-corrected chi connectivity index (χ1v) is 6.70. The Hall–Kier alpha value is -0.120. The molecule has 0 aromatic heterocycles. The predicted octanol–water partition coefficient (Wildman–Crippen LogP) is 2.03. The Kier molecular flexibility index (Phi) is 8.90. The maximum atomic E-state index is 8.98. The van der Waals surface area contributed by atoms with Gasteiger partial charge in [0.05, 0.1) is 0 Å².